The van der Waals surface area contributed by atoms with Gasteiger partial charge in [-0.05, 0) is 30.9 Å². The average Bonchev–Trinajstić information content (AvgIpc) is 2.25. The lowest BCUT2D eigenvalue weighted by atomic mass is 9.72. The van der Waals surface area contributed by atoms with Crippen molar-refractivity contribution in [2.45, 2.75) is 43.9 Å². The van der Waals surface area contributed by atoms with Crippen LogP contribution >= 0.6 is 0 Å². The van der Waals surface area contributed by atoms with E-state index in [1.54, 1.807) is 0 Å². The predicted molar refractivity (Wildman–Crippen MR) is 61.1 cm³/mol. The van der Waals surface area contributed by atoms with E-state index >= 15 is 0 Å². The van der Waals surface area contributed by atoms with Crippen LogP contribution in [-0.2, 0) is 6.61 Å². The molecule has 16 heavy (non-hydrogen) atoms. The van der Waals surface area contributed by atoms with Gasteiger partial charge in [0.1, 0.15) is 11.4 Å². The molecule has 3 heteroatoms. The minimum Gasteiger partial charge on any atom is -0.487 e. The third kappa shape index (κ3) is 1.35. The Bertz CT molecular complexity index is 412. The summed E-state index contributed by atoms with van der Waals surface area (Å²) in [6, 6.07) is 5.82. The molecule has 3 nitrogen and oxygen atoms in total. The molecular formula is C13H17NO2. The smallest absolute Gasteiger partial charge is 0.125 e. The lowest BCUT2D eigenvalue weighted by Gasteiger charge is -2.47. The van der Waals surface area contributed by atoms with Crippen LogP contribution in [0.15, 0.2) is 18.2 Å². The number of ether oxygens (including phenoxy) is 1. The summed E-state index contributed by atoms with van der Waals surface area (Å²) < 4.78 is 6.08. The number of nitrogens with two attached hydrogens (primary N) is 1. The van der Waals surface area contributed by atoms with Crippen LogP contribution < -0.4 is 10.5 Å². The Kier molecular flexibility index (Phi) is 2.19. The van der Waals surface area contributed by atoms with Gasteiger partial charge < -0.3 is 15.6 Å². The maximum atomic E-state index is 9.30. The number of fused-ring (bicyclic) bond motifs is 1. The van der Waals surface area contributed by atoms with Crippen molar-refractivity contribution in [2.24, 2.45) is 5.73 Å². The lowest BCUT2D eigenvalue weighted by Crippen LogP contribution is -2.48. The summed E-state index contributed by atoms with van der Waals surface area (Å²) in [4.78, 5) is 0. The zero-order valence-electron chi connectivity index (χ0n) is 9.28. The Hall–Kier alpha value is -1.06. The van der Waals surface area contributed by atoms with E-state index in [1.165, 1.54) is 6.42 Å². The van der Waals surface area contributed by atoms with Gasteiger partial charge in [0, 0.05) is 18.0 Å². The highest BCUT2D eigenvalue weighted by molar-refractivity contribution is 5.44. The average molecular weight is 219 g/mol. The highest BCUT2D eigenvalue weighted by Gasteiger charge is 2.45. The first-order chi connectivity index (χ1) is 7.74. The molecule has 0 aromatic heterocycles. The van der Waals surface area contributed by atoms with Gasteiger partial charge in [0.2, 0.25) is 0 Å². The second kappa shape index (κ2) is 3.47. The van der Waals surface area contributed by atoms with Crippen LogP contribution in [0.3, 0.4) is 0 Å². The van der Waals surface area contributed by atoms with Gasteiger partial charge >= 0.3 is 0 Å². The highest BCUT2D eigenvalue weighted by atomic mass is 16.5. The van der Waals surface area contributed by atoms with Crippen molar-refractivity contribution < 1.29 is 9.84 Å². The molecule has 1 heterocycles. The zero-order valence-corrected chi connectivity index (χ0v) is 9.28. The number of benzene rings is 1. The molecule has 0 radical (unpaired) electrons. The molecule has 1 unspecified atom stereocenters. The molecule has 3 N–H and O–H groups in total. The standard InChI is InChI=1S/C13H17NO2/c14-10-7-13(5-2-6-13)16-11-4-1-3-9(8-15)12(10)11/h1,3-4,10,15H,2,5-8,14H2. The third-order valence-electron chi connectivity index (χ3n) is 3.88. The van der Waals surface area contributed by atoms with E-state index in [1.807, 2.05) is 18.2 Å². The molecule has 3 rings (SSSR count). The van der Waals surface area contributed by atoms with Gasteiger partial charge in [-0.2, -0.15) is 0 Å². The summed E-state index contributed by atoms with van der Waals surface area (Å²) >= 11 is 0. The fraction of sp³-hybridized carbons (Fsp3) is 0.538. The summed E-state index contributed by atoms with van der Waals surface area (Å²) in [7, 11) is 0. The summed E-state index contributed by atoms with van der Waals surface area (Å²) in [5, 5.41) is 9.30. The van der Waals surface area contributed by atoms with Gasteiger partial charge in [0.05, 0.1) is 6.61 Å². The van der Waals surface area contributed by atoms with E-state index in [2.05, 4.69) is 0 Å². The molecule has 1 saturated carbocycles. The van der Waals surface area contributed by atoms with E-state index in [-0.39, 0.29) is 18.2 Å². The zero-order chi connectivity index (χ0) is 11.2. The second-order valence-corrected chi connectivity index (χ2v) is 4.94. The summed E-state index contributed by atoms with van der Waals surface area (Å²) in [5.41, 5.74) is 8.12. The second-order valence-electron chi connectivity index (χ2n) is 4.94. The van der Waals surface area contributed by atoms with Crippen molar-refractivity contribution in [3.8, 4) is 5.75 Å². The SMILES string of the molecule is NC1CC2(CCC2)Oc2cccc(CO)c21. The van der Waals surface area contributed by atoms with Crippen LogP contribution in [0.25, 0.3) is 0 Å². The Morgan fingerprint density at radius 1 is 1.44 bits per heavy atom. The van der Waals surface area contributed by atoms with Gasteiger partial charge in [-0.3, -0.25) is 0 Å². The Morgan fingerprint density at radius 2 is 2.25 bits per heavy atom. The molecule has 1 aromatic carbocycles. The Labute approximate surface area is 95.2 Å². The largest absolute Gasteiger partial charge is 0.487 e. The molecule has 1 aromatic rings. The quantitative estimate of drug-likeness (QED) is 0.758. The van der Waals surface area contributed by atoms with Crippen LogP contribution in [0.1, 0.15) is 42.9 Å². The van der Waals surface area contributed by atoms with Crippen LogP contribution in [-0.4, -0.2) is 10.7 Å². The molecular weight excluding hydrogens is 202 g/mol. The van der Waals surface area contributed by atoms with E-state index in [0.29, 0.717) is 0 Å². The first-order valence-electron chi connectivity index (χ1n) is 5.91. The molecule has 2 aliphatic rings. The molecule has 1 aliphatic carbocycles. The molecule has 0 bridgehead atoms. The Morgan fingerprint density at radius 3 is 2.88 bits per heavy atom. The molecule has 0 saturated heterocycles. The summed E-state index contributed by atoms with van der Waals surface area (Å²) in [6.45, 7) is 0.0350. The molecule has 1 aliphatic heterocycles. The van der Waals surface area contributed by atoms with Crippen molar-refractivity contribution >= 4 is 0 Å². The van der Waals surface area contributed by atoms with Crippen molar-refractivity contribution in [1.82, 2.24) is 0 Å². The Balaban J connectivity index is 2.03. The number of hydrogen-bond acceptors (Lipinski definition) is 3. The van der Waals surface area contributed by atoms with Gasteiger partial charge in [-0.15, -0.1) is 0 Å². The number of hydrogen-bond donors (Lipinski definition) is 2. The highest BCUT2D eigenvalue weighted by Crippen LogP contribution is 2.48. The summed E-state index contributed by atoms with van der Waals surface area (Å²) in [5.74, 6) is 0.880. The third-order valence-corrected chi connectivity index (χ3v) is 3.88. The first kappa shape index (κ1) is 10.1. The monoisotopic (exact) mass is 219 g/mol. The van der Waals surface area contributed by atoms with Gasteiger partial charge in [0.25, 0.3) is 0 Å². The van der Waals surface area contributed by atoms with Crippen molar-refractivity contribution in [1.29, 1.82) is 0 Å². The maximum Gasteiger partial charge on any atom is 0.125 e. The van der Waals surface area contributed by atoms with Gasteiger partial charge in [-0.25, -0.2) is 0 Å². The van der Waals surface area contributed by atoms with Crippen LogP contribution in [0.2, 0.25) is 0 Å². The van der Waals surface area contributed by atoms with Gasteiger partial charge in [0.15, 0.2) is 0 Å². The van der Waals surface area contributed by atoms with E-state index in [0.717, 1.165) is 36.1 Å². The van der Waals surface area contributed by atoms with Crippen LogP contribution in [0.5, 0.6) is 5.75 Å². The predicted octanol–water partition coefficient (Wildman–Crippen LogP) is 1.88. The van der Waals surface area contributed by atoms with Crippen molar-refractivity contribution in [3.63, 3.8) is 0 Å². The van der Waals surface area contributed by atoms with Gasteiger partial charge in [-0.1, -0.05) is 12.1 Å². The minimum absolute atomic E-state index is 0.000492. The normalized spacial score (nSPS) is 25.8. The number of aliphatic hydroxyl groups excluding tert-OH is 1. The first-order valence-corrected chi connectivity index (χ1v) is 5.91. The molecule has 0 amide bonds. The molecule has 86 valence electrons. The van der Waals surface area contributed by atoms with E-state index in [9.17, 15) is 5.11 Å². The van der Waals surface area contributed by atoms with E-state index < -0.39 is 0 Å². The molecule has 1 fully saturated rings. The van der Waals surface area contributed by atoms with E-state index in [4.69, 9.17) is 10.5 Å². The fourth-order valence-electron chi connectivity index (χ4n) is 2.89. The maximum absolute atomic E-state index is 9.30. The number of aliphatic hydroxyl groups is 1. The molecule has 1 atom stereocenters. The fourth-order valence-corrected chi connectivity index (χ4v) is 2.89. The lowest BCUT2D eigenvalue weighted by molar-refractivity contribution is -0.0333. The van der Waals surface area contributed by atoms with Crippen molar-refractivity contribution in [2.75, 3.05) is 0 Å². The minimum atomic E-state index is 0.000492. The van der Waals surface area contributed by atoms with Crippen LogP contribution in [0, 0.1) is 0 Å². The topological polar surface area (TPSA) is 55.5 Å². The van der Waals surface area contributed by atoms with Crippen LogP contribution in [0.4, 0.5) is 0 Å². The summed E-state index contributed by atoms with van der Waals surface area (Å²) in [6.07, 6.45) is 4.35. The van der Waals surface area contributed by atoms with Crippen molar-refractivity contribution in [3.05, 3.63) is 29.3 Å². The number of rotatable bonds is 1. The molecule has 1 spiro atoms.